The highest BCUT2D eigenvalue weighted by Gasteiger charge is 2.16. The Balaban J connectivity index is 1.72. The fourth-order valence-electron chi connectivity index (χ4n) is 2.49. The van der Waals surface area contributed by atoms with Crippen molar-refractivity contribution in [1.29, 1.82) is 0 Å². The maximum absolute atomic E-state index is 12.9. The fraction of sp³-hybridized carbons (Fsp3) is 0.562. The van der Waals surface area contributed by atoms with Gasteiger partial charge in [-0.05, 0) is 36.5 Å². The minimum Gasteiger partial charge on any atom is -0.378 e. The maximum Gasteiger partial charge on any atom is 0.222 e. The first kappa shape index (κ1) is 15.0. The molecular weight excluding hydrogens is 257 g/mol. The Labute approximate surface area is 119 Å². The summed E-state index contributed by atoms with van der Waals surface area (Å²) in [5.74, 6) is 0.371. The summed E-state index contributed by atoms with van der Waals surface area (Å²) in [6, 6.07) is 6.63. The highest BCUT2D eigenvalue weighted by molar-refractivity contribution is 5.76. The zero-order valence-corrected chi connectivity index (χ0v) is 12.0. The van der Waals surface area contributed by atoms with E-state index in [1.165, 1.54) is 12.1 Å². The van der Waals surface area contributed by atoms with E-state index in [9.17, 15) is 9.18 Å². The quantitative estimate of drug-likeness (QED) is 0.829. The van der Waals surface area contributed by atoms with Crippen molar-refractivity contribution in [2.45, 2.75) is 32.1 Å². The molecule has 1 atom stereocenters. The van der Waals surface area contributed by atoms with Gasteiger partial charge in [-0.1, -0.05) is 19.1 Å². The van der Waals surface area contributed by atoms with Crippen LogP contribution in [0.15, 0.2) is 24.3 Å². The van der Waals surface area contributed by atoms with Gasteiger partial charge >= 0.3 is 0 Å². The first-order valence-corrected chi connectivity index (χ1v) is 7.28. The second-order valence-corrected chi connectivity index (χ2v) is 5.34. The summed E-state index contributed by atoms with van der Waals surface area (Å²) in [5, 5.41) is 0. The predicted molar refractivity (Wildman–Crippen MR) is 76.1 cm³/mol. The monoisotopic (exact) mass is 279 g/mol. The molecule has 1 heterocycles. The smallest absolute Gasteiger partial charge is 0.222 e. The van der Waals surface area contributed by atoms with Crippen LogP contribution >= 0.6 is 0 Å². The molecule has 1 unspecified atom stereocenters. The van der Waals surface area contributed by atoms with Gasteiger partial charge in [0.1, 0.15) is 5.82 Å². The number of nitrogens with zero attached hydrogens (tertiary/aromatic N) is 1. The Kier molecular flexibility index (Phi) is 5.53. The molecule has 1 amide bonds. The lowest BCUT2D eigenvalue weighted by molar-refractivity contribution is -0.135. The third-order valence-corrected chi connectivity index (χ3v) is 3.83. The minimum atomic E-state index is -0.205. The molecule has 4 heteroatoms. The Bertz CT molecular complexity index is 427. The van der Waals surface area contributed by atoms with E-state index in [0.717, 1.165) is 18.4 Å². The lowest BCUT2D eigenvalue weighted by Crippen LogP contribution is -2.40. The van der Waals surface area contributed by atoms with Crippen LogP contribution in [0.4, 0.5) is 4.39 Å². The van der Waals surface area contributed by atoms with Crippen LogP contribution < -0.4 is 0 Å². The van der Waals surface area contributed by atoms with E-state index >= 15 is 0 Å². The number of rotatable bonds is 5. The Morgan fingerprint density at radius 1 is 1.30 bits per heavy atom. The van der Waals surface area contributed by atoms with Crippen LogP contribution in [0.25, 0.3) is 0 Å². The largest absolute Gasteiger partial charge is 0.378 e. The van der Waals surface area contributed by atoms with E-state index in [1.54, 1.807) is 0 Å². The van der Waals surface area contributed by atoms with Gasteiger partial charge in [0.25, 0.3) is 0 Å². The Morgan fingerprint density at radius 2 is 1.95 bits per heavy atom. The topological polar surface area (TPSA) is 29.5 Å². The van der Waals surface area contributed by atoms with E-state index in [4.69, 9.17) is 4.74 Å². The number of amides is 1. The molecule has 0 radical (unpaired) electrons. The van der Waals surface area contributed by atoms with Gasteiger partial charge in [-0.2, -0.15) is 0 Å². The van der Waals surface area contributed by atoms with E-state index in [-0.39, 0.29) is 11.7 Å². The zero-order chi connectivity index (χ0) is 14.4. The SMILES string of the molecule is CC(CCCC(=O)N1CCOCC1)c1ccc(F)cc1. The van der Waals surface area contributed by atoms with E-state index < -0.39 is 0 Å². The molecule has 3 nitrogen and oxygen atoms in total. The van der Waals surface area contributed by atoms with Crippen molar-refractivity contribution in [3.05, 3.63) is 35.6 Å². The van der Waals surface area contributed by atoms with Gasteiger partial charge in [-0.15, -0.1) is 0 Å². The normalized spacial score (nSPS) is 17.0. The van der Waals surface area contributed by atoms with Gasteiger partial charge in [0.15, 0.2) is 0 Å². The lowest BCUT2D eigenvalue weighted by atomic mass is 9.95. The molecule has 0 bridgehead atoms. The predicted octanol–water partition coefficient (Wildman–Crippen LogP) is 2.96. The van der Waals surface area contributed by atoms with Crippen molar-refractivity contribution in [1.82, 2.24) is 4.90 Å². The molecule has 1 fully saturated rings. The van der Waals surface area contributed by atoms with Crippen LogP contribution in [0, 0.1) is 5.82 Å². The second-order valence-electron chi connectivity index (χ2n) is 5.34. The molecular formula is C16H22FNO2. The molecule has 20 heavy (non-hydrogen) atoms. The maximum atomic E-state index is 12.9. The van der Waals surface area contributed by atoms with Crippen LogP contribution in [0.5, 0.6) is 0 Å². The highest BCUT2D eigenvalue weighted by atomic mass is 19.1. The van der Waals surface area contributed by atoms with Crippen molar-refractivity contribution >= 4 is 5.91 Å². The molecule has 1 aliphatic heterocycles. The van der Waals surface area contributed by atoms with E-state index in [1.807, 2.05) is 17.0 Å². The molecule has 1 aromatic rings. The number of hydrogen-bond acceptors (Lipinski definition) is 2. The number of benzene rings is 1. The second kappa shape index (κ2) is 7.39. The summed E-state index contributed by atoms with van der Waals surface area (Å²) in [4.78, 5) is 13.9. The van der Waals surface area contributed by atoms with Crippen molar-refractivity contribution in [3.8, 4) is 0 Å². The van der Waals surface area contributed by atoms with Crippen LogP contribution in [0.3, 0.4) is 0 Å². The van der Waals surface area contributed by atoms with Gasteiger partial charge in [0.2, 0.25) is 5.91 Å². The minimum absolute atomic E-state index is 0.205. The third kappa shape index (κ3) is 4.30. The van der Waals surface area contributed by atoms with Gasteiger partial charge in [0, 0.05) is 19.5 Å². The van der Waals surface area contributed by atoms with Gasteiger partial charge in [0.05, 0.1) is 13.2 Å². The fourth-order valence-corrected chi connectivity index (χ4v) is 2.49. The van der Waals surface area contributed by atoms with Gasteiger partial charge in [-0.3, -0.25) is 4.79 Å². The van der Waals surface area contributed by atoms with Crippen molar-refractivity contribution in [2.75, 3.05) is 26.3 Å². The zero-order valence-electron chi connectivity index (χ0n) is 12.0. The molecule has 1 saturated heterocycles. The highest BCUT2D eigenvalue weighted by Crippen LogP contribution is 2.21. The molecule has 1 aromatic carbocycles. The summed E-state index contributed by atoms with van der Waals surface area (Å²) in [6.07, 6.45) is 2.40. The third-order valence-electron chi connectivity index (χ3n) is 3.83. The Hall–Kier alpha value is -1.42. The van der Waals surface area contributed by atoms with Crippen molar-refractivity contribution in [3.63, 3.8) is 0 Å². The van der Waals surface area contributed by atoms with Crippen LogP contribution in [-0.4, -0.2) is 37.1 Å². The lowest BCUT2D eigenvalue weighted by Gasteiger charge is -2.27. The molecule has 0 saturated carbocycles. The van der Waals surface area contributed by atoms with E-state index in [0.29, 0.717) is 38.6 Å². The molecule has 0 aromatic heterocycles. The molecule has 1 aliphatic rings. The first-order valence-electron chi connectivity index (χ1n) is 7.28. The van der Waals surface area contributed by atoms with E-state index in [2.05, 4.69) is 6.92 Å². The standard InChI is InChI=1S/C16H22FNO2/c1-13(14-5-7-15(17)8-6-14)3-2-4-16(19)18-9-11-20-12-10-18/h5-8,13H,2-4,9-12H2,1H3. The number of carbonyl (C=O) groups is 1. The molecule has 0 aliphatic carbocycles. The van der Waals surface area contributed by atoms with Crippen LogP contribution in [0.1, 0.15) is 37.7 Å². The van der Waals surface area contributed by atoms with Crippen LogP contribution in [0.2, 0.25) is 0 Å². The number of ether oxygens (including phenoxy) is 1. The number of carbonyl (C=O) groups excluding carboxylic acids is 1. The summed E-state index contributed by atoms with van der Waals surface area (Å²) < 4.78 is 18.1. The average Bonchev–Trinajstić information content (AvgIpc) is 2.48. The molecule has 0 N–H and O–H groups in total. The van der Waals surface area contributed by atoms with Crippen molar-refractivity contribution in [2.24, 2.45) is 0 Å². The summed E-state index contributed by atoms with van der Waals surface area (Å²) >= 11 is 0. The molecule has 0 spiro atoms. The summed E-state index contributed by atoms with van der Waals surface area (Å²) in [5.41, 5.74) is 1.13. The number of hydrogen-bond donors (Lipinski definition) is 0. The van der Waals surface area contributed by atoms with Crippen molar-refractivity contribution < 1.29 is 13.9 Å². The number of morpholine rings is 1. The van der Waals surface area contributed by atoms with Gasteiger partial charge in [-0.25, -0.2) is 4.39 Å². The van der Waals surface area contributed by atoms with Gasteiger partial charge < -0.3 is 9.64 Å². The number of halogens is 1. The summed E-state index contributed by atoms with van der Waals surface area (Å²) in [6.45, 7) is 4.85. The first-order chi connectivity index (χ1) is 9.66. The van der Waals surface area contributed by atoms with Crippen LogP contribution in [-0.2, 0) is 9.53 Å². The summed E-state index contributed by atoms with van der Waals surface area (Å²) in [7, 11) is 0. The molecule has 2 rings (SSSR count). The Morgan fingerprint density at radius 3 is 2.60 bits per heavy atom. The average molecular weight is 279 g/mol. The molecule has 110 valence electrons.